The SMILES string of the molecule is Cc1ccc(C(CNC(=O)c2ccc(S(=O)(=O)Nc3ccncc3)cc2)N2CCOCC2)o1. The summed E-state index contributed by atoms with van der Waals surface area (Å²) in [6, 6.07) is 12.7. The van der Waals surface area contributed by atoms with E-state index < -0.39 is 10.0 Å². The quantitative estimate of drug-likeness (QED) is 0.520. The van der Waals surface area contributed by atoms with Crippen molar-refractivity contribution in [2.45, 2.75) is 17.9 Å². The van der Waals surface area contributed by atoms with Crippen LogP contribution in [-0.2, 0) is 14.8 Å². The van der Waals surface area contributed by atoms with Gasteiger partial charge in [-0.2, -0.15) is 0 Å². The molecule has 2 N–H and O–H groups in total. The van der Waals surface area contributed by atoms with Crippen molar-refractivity contribution in [3.05, 3.63) is 78.0 Å². The summed E-state index contributed by atoms with van der Waals surface area (Å²) in [5, 5.41) is 2.95. The van der Waals surface area contributed by atoms with Crippen molar-refractivity contribution in [2.24, 2.45) is 0 Å². The van der Waals surface area contributed by atoms with Crippen LogP contribution in [0, 0.1) is 6.92 Å². The standard InChI is InChI=1S/C23H26N4O5S/c1-17-2-7-22(32-17)21(27-12-14-31-15-13-27)16-25-23(28)18-3-5-20(6-4-18)33(29,30)26-19-8-10-24-11-9-19/h2-11,21H,12-16H2,1H3,(H,24,26)(H,25,28). The number of carbonyl (C=O) groups is 1. The molecule has 1 fully saturated rings. The Balaban J connectivity index is 1.42. The van der Waals surface area contributed by atoms with Gasteiger partial charge < -0.3 is 14.5 Å². The molecule has 0 radical (unpaired) electrons. The second kappa shape index (κ2) is 10.2. The highest BCUT2D eigenvalue weighted by Crippen LogP contribution is 2.23. The second-order valence-electron chi connectivity index (χ2n) is 7.69. The van der Waals surface area contributed by atoms with E-state index in [2.05, 4.69) is 19.9 Å². The third kappa shape index (κ3) is 5.78. The van der Waals surface area contributed by atoms with E-state index in [0.717, 1.165) is 24.6 Å². The van der Waals surface area contributed by atoms with Crippen LogP contribution in [0.15, 0.2) is 70.2 Å². The van der Waals surface area contributed by atoms with Crippen molar-refractivity contribution in [2.75, 3.05) is 37.6 Å². The molecule has 1 atom stereocenters. The lowest BCUT2D eigenvalue weighted by Gasteiger charge is -2.33. The van der Waals surface area contributed by atoms with E-state index in [4.69, 9.17) is 9.15 Å². The van der Waals surface area contributed by atoms with Crippen molar-refractivity contribution in [3.63, 3.8) is 0 Å². The summed E-state index contributed by atoms with van der Waals surface area (Å²) >= 11 is 0. The normalized spacial score (nSPS) is 15.7. The summed E-state index contributed by atoms with van der Waals surface area (Å²) in [5.74, 6) is 1.31. The van der Waals surface area contributed by atoms with Gasteiger partial charge in [-0.15, -0.1) is 0 Å². The summed E-state index contributed by atoms with van der Waals surface area (Å²) < 4.78 is 38.9. The maximum atomic E-state index is 12.8. The molecule has 3 heterocycles. The van der Waals surface area contributed by atoms with Crippen molar-refractivity contribution in [1.29, 1.82) is 0 Å². The van der Waals surface area contributed by atoms with E-state index in [0.29, 0.717) is 31.0 Å². The number of sulfonamides is 1. The van der Waals surface area contributed by atoms with Gasteiger partial charge in [0.05, 0.1) is 29.8 Å². The fourth-order valence-corrected chi connectivity index (χ4v) is 4.70. The number of hydrogen-bond acceptors (Lipinski definition) is 7. The molecule has 1 aliphatic heterocycles. The summed E-state index contributed by atoms with van der Waals surface area (Å²) in [4.78, 5) is 18.9. The average Bonchev–Trinajstić information content (AvgIpc) is 3.26. The first-order valence-corrected chi connectivity index (χ1v) is 12.1. The summed E-state index contributed by atoms with van der Waals surface area (Å²) in [5.41, 5.74) is 0.781. The van der Waals surface area contributed by atoms with Crippen LogP contribution >= 0.6 is 0 Å². The molecule has 174 valence electrons. The first-order valence-electron chi connectivity index (χ1n) is 10.6. The minimum Gasteiger partial charge on any atom is -0.465 e. The Labute approximate surface area is 192 Å². The highest BCUT2D eigenvalue weighted by molar-refractivity contribution is 7.92. The monoisotopic (exact) mass is 470 g/mol. The Morgan fingerprint density at radius 1 is 1.06 bits per heavy atom. The lowest BCUT2D eigenvalue weighted by molar-refractivity contribution is 0.0117. The fourth-order valence-electron chi connectivity index (χ4n) is 3.64. The van der Waals surface area contributed by atoms with Crippen LogP contribution in [0.25, 0.3) is 0 Å². The summed E-state index contributed by atoms with van der Waals surface area (Å²) in [7, 11) is -3.77. The van der Waals surface area contributed by atoms with Gasteiger partial charge >= 0.3 is 0 Å². The average molecular weight is 471 g/mol. The first kappa shape index (κ1) is 23.0. The zero-order valence-electron chi connectivity index (χ0n) is 18.2. The molecule has 3 aromatic rings. The van der Waals surface area contributed by atoms with E-state index in [1.165, 1.54) is 36.7 Å². The lowest BCUT2D eigenvalue weighted by atomic mass is 10.1. The smallest absolute Gasteiger partial charge is 0.261 e. The predicted octanol–water partition coefficient (Wildman–Crippen LogP) is 2.59. The van der Waals surface area contributed by atoms with Crippen molar-refractivity contribution in [1.82, 2.24) is 15.2 Å². The number of nitrogens with zero attached hydrogens (tertiary/aromatic N) is 2. The highest BCUT2D eigenvalue weighted by atomic mass is 32.2. The van der Waals surface area contributed by atoms with Crippen LogP contribution in [0.5, 0.6) is 0 Å². The van der Waals surface area contributed by atoms with Crippen molar-refractivity contribution < 1.29 is 22.4 Å². The van der Waals surface area contributed by atoms with E-state index >= 15 is 0 Å². The number of carbonyl (C=O) groups excluding carboxylic acids is 1. The van der Waals surface area contributed by atoms with E-state index in [9.17, 15) is 13.2 Å². The number of pyridine rings is 1. The van der Waals surface area contributed by atoms with Crippen LogP contribution in [0.3, 0.4) is 0 Å². The number of morpholine rings is 1. The molecule has 0 saturated carbocycles. The van der Waals surface area contributed by atoms with E-state index in [1.807, 2.05) is 19.1 Å². The largest absolute Gasteiger partial charge is 0.465 e. The summed E-state index contributed by atoms with van der Waals surface area (Å²) in [6.45, 7) is 5.00. The molecule has 10 heteroatoms. The van der Waals surface area contributed by atoms with Crippen molar-refractivity contribution >= 4 is 21.6 Å². The number of amides is 1. The van der Waals surface area contributed by atoms with Gasteiger partial charge in [-0.25, -0.2) is 8.42 Å². The van der Waals surface area contributed by atoms with E-state index in [1.54, 1.807) is 12.1 Å². The molecule has 0 spiro atoms. The third-order valence-electron chi connectivity index (χ3n) is 5.39. The summed E-state index contributed by atoms with van der Waals surface area (Å²) in [6.07, 6.45) is 3.00. The molecule has 1 saturated heterocycles. The van der Waals surface area contributed by atoms with Crippen LogP contribution < -0.4 is 10.0 Å². The molecule has 2 aromatic heterocycles. The molecule has 1 unspecified atom stereocenters. The number of aromatic nitrogens is 1. The van der Waals surface area contributed by atoms with Crippen molar-refractivity contribution in [3.8, 4) is 0 Å². The van der Waals surface area contributed by atoms with Gasteiger partial charge in [0, 0.05) is 37.6 Å². The van der Waals surface area contributed by atoms with Gasteiger partial charge in [0.2, 0.25) is 0 Å². The number of furan rings is 1. The number of hydrogen-bond donors (Lipinski definition) is 2. The van der Waals surface area contributed by atoms with Crippen LogP contribution in [0.4, 0.5) is 5.69 Å². The molecule has 33 heavy (non-hydrogen) atoms. The van der Waals surface area contributed by atoms with Crippen LogP contribution in [0.1, 0.15) is 27.9 Å². The van der Waals surface area contributed by atoms with Gasteiger partial charge in [-0.05, 0) is 55.5 Å². The predicted molar refractivity (Wildman–Crippen MR) is 122 cm³/mol. The third-order valence-corrected chi connectivity index (χ3v) is 6.79. The Morgan fingerprint density at radius 3 is 2.39 bits per heavy atom. The Kier molecular flexibility index (Phi) is 7.07. The molecule has 1 amide bonds. The molecule has 0 bridgehead atoms. The molecule has 0 aliphatic carbocycles. The number of benzene rings is 1. The van der Waals surface area contributed by atoms with Crippen LogP contribution in [-0.4, -0.2) is 57.1 Å². The molecular formula is C23H26N4O5S. The lowest BCUT2D eigenvalue weighted by Crippen LogP contribution is -2.43. The number of aryl methyl sites for hydroxylation is 1. The van der Waals surface area contributed by atoms with E-state index in [-0.39, 0.29) is 16.8 Å². The first-order chi connectivity index (χ1) is 15.9. The number of ether oxygens (including phenoxy) is 1. The highest BCUT2D eigenvalue weighted by Gasteiger charge is 2.26. The maximum Gasteiger partial charge on any atom is 0.261 e. The van der Waals surface area contributed by atoms with Crippen LogP contribution in [0.2, 0.25) is 0 Å². The molecule has 4 rings (SSSR count). The molecular weight excluding hydrogens is 444 g/mol. The Hall–Kier alpha value is -3.21. The molecule has 1 aromatic carbocycles. The minimum absolute atomic E-state index is 0.0631. The zero-order chi connectivity index (χ0) is 23.3. The van der Waals surface area contributed by atoms with Gasteiger partial charge in [0.1, 0.15) is 11.5 Å². The topological polar surface area (TPSA) is 114 Å². The number of anilines is 1. The fraction of sp³-hybridized carbons (Fsp3) is 0.304. The second-order valence-corrected chi connectivity index (χ2v) is 9.37. The minimum atomic E-state index is -3.77. The van der Waals surface area contributed by atoms with Gasteiger partial charge in [-0.1, -0.05) is 0 Å². The maximum absolute atomic E-state index is 12.8. The molecule has 1 aliphatic rings. The number of nitrogens with one attached hydrogen (secondary N) is 2. The Bertz CT molecular complexity index is 1170. The Morgan fingerprint density at radius 2 is 1.76 bits per heavy atom. The van der Waals surface area contributed by atoms with Gasteiger partial charge in [0.15, 0.2) is 0 Å². The number of rotatable bonds is 8. The van der Waals surface area contributed by atoms with Gasteiger partial charge in [-0.3, -0.25) is 19.4 Å². The zero-order valence-corrected chi connectivity index (χ0v) is 19.0. The molecule has 9 nitrogen and oxygen atoms in total. The van der Waals surface area contributed by atoms with Gasteiger partial charge in [0.25, 0.3) is 15.9 Å².